The lowest BCUT2D eigenvalue weighted by Crippen LogP contribution is -2.66. The molecular formula is C30H42IN5O5S. The van der Waals surface area contributed by atoms with E-state index in [1.807, 2.05) is 9.80 Å². The second-order valence-corrected chi connectivity index (χ2v) is 16.9. The van der Waals surface area contributed by atoms with Crippen LogP contribution >= 0.6 is 33.9 Å². The number of likely N-dealkylation sites (tertiary alicyclic amines) is 2. The van der Waals surface area contributed by atoms with Crippen molar-refractivity contribution in [2.24, 2.45) is 23.2 Å². The summed E-state index contributed by atoms with van der Waals surface area (Å²) in [6.07, 6.45) is 9.90. The fourth-order valence-electron chi connectivity index (χ4n) is 7.86. The highest BCUT2D eigenvalue weighted by Gasteiger charge is 2.63. The van der Waals surface area contributed by atoms with E-state index in [0.29, 0.717) is 56.6 Å². The maximum Gasteiger partial charge on any atom is 0.305 e. The summed E-state index contributed by atoms with van der Waals surface area (Å²) in [6.45, 7) is 6.36. The van der Waals surface area contributed by atoms with Crippen LogP contribution in [0.2, 0.25) is 0 Å². The second kappa shape index (κ2) is 11.9. The zero-order valence-corrected chi connectivity index (χ0v) is 27.4. The third kappa shape index (κ3) is 6.09. The molecule has 1 N–H and O–H groups in total. The fraction of sp³-hybridized carbons (Fsp3) is 0.767. The second-order valence-electron chi connectivity index (χ2n) is 13.6. The van der Waals surface area contributed by atoms with Gasteiger partial charge in [0.25, 0.3) is 5.91 Å². The van der Waals surface area contributed by atoms with E-state index in [4.69, 9.17) is 0 Å². The molecule has 3 amide bonds. The van der Waals surface area contributed by atoms with Crippen LogP contribution in [0.15, 0.2) is 11.7 Å². The molecule has 1 aromatic heterocycles. The molecule has 1 aromatic rings. The van der Waals surface area contributed by atoms with Gasteiger partial charge in [-0.05, 0) is 32.1 Å². The highest BCUT2D eigenvalue weighted by Crippen LogP contribution is 2.54. The van der Waals surface area contributed by atoms with Crippen LogP contribution in [0.4, 0.5) is 0 Å². The number of thiazole rings is 1. The lowest BCUT2D eigenvalue weighted by molar-refractivity contribution is -0.156. The molecule has 6 rings (SSSR count). The van der Waals surface area contributed by atoms with E-state index in [1.165, 1.54) is 49.9 Å². The van der Waals surface area contributed by atoms with Crippen molar-refractivity contribution in [2.75, 3.05) is 52.4 Å². The number of carboxylic acids is 1. The van der Waals surface area contributed by atoms with E-state index in [0.717, 1.165) is 13.0 Å². The number of piperazine rings is 1. The van der Waals surface area contributed by atoms with Crippen LogP contribution in [-0.4, -0.2) is 115 Å². The molecule has 1 spiro atoms. The summed E-state index contributed by atoms with van der Waals surface area (Å²) in [5.74, 6) is -0.599. The first-order valence-electron chi connectivity index (χ1n) is 15.5. The number of hydrogen-bond donors (Lipinski definition) is 1. The Morgan fingerprint density at radius 2 is 1.64 bits per heavy atom. The molecule has 0 radical (unpaired) electrons. The Morgan fingerprint density at radius 3 is 2.26 bits per heavy atom. The van der Waals surface area contributed by atoms with Crippen molar-refractivity contribution in [1.29, 1.82) is 0 Å². The predicted octanol–water partition coefficient (Wildman–Crippen LogP) is 3.22. The zero-order valence-electron chi connectivity index (χ0n) is 24.4. The topological polar surface area (TPSA) is 114 Å². The summed E-state index contributed by atoms with van der Waals surface area (Å²) in [4.78, 5) is 65.1. The Labute approximate surface area is 265 Å². The number of carboxylic acid groups (broad SMARTS) is 1. The van der Waals surface area contributed by atoms with Gasteiger partial charge in [-0.25, -0.2) is 0 Å². The minimum absolute atomic E-state index is 0.00337. The van der Waals surface area contributed by atoms with Crippen LogP contribution in [0.5, 0.6) is 0 Å². The Bertz CT molecular complexity index is 1200. The molecule has 12 heteroatoms. The van der Waals surface area contributed by atoms with Crippen LogP contribution in [0.1, 0.15) is 68.0 Å². The molecule has 3 saturated heterocycles. The number of aliphatic carboxylic acids is 1. The normalized spacial score (nSPS) is 31.6. The monoisotopic (exact) mass is 711 g/mol. The third-order valence-electron chi connectivity index (χ3n) is 10.5. The summed E-state index contributed by atoms with van der Waals surface area (Å²) in [7, 11) is 0. The molecule has 0 bridgehead atoms. The van der Waals surface area contributed by atoms with Crippen LogP contribution in [0, 0.1) is 23.2 Å². The molecule has 5 fully saturated rings. The minimum atomic E-state index is -0.839. The largest absolute Gasteiger partial charge is 0.481 e. The lowest BCUT2D eigenvalue weighted by Gasteiger charge is -2.52. The summed E-state index contributed by atoms with van der Waals surface area (Å²) in [5, 5.41) is 9.74. The number of nitrogens with zero attached hydrogens (tertiary/aromatic N) is 5. The van der Waals surface area contributed by atoms with E-state index in [1.54, 1.807) is 16.6 Å². The van der Waals surface area contributed by atoms with Gasteiger partial charge in [-0.3, -0.25) is 29.1 Å². The number of rotatable bonds is 7. The first-order chi connectivity index (χ1) is 20.1. The van der Waals surface area contributed by atoms with Gasteiger partial charge in [0.15, 0.2) is 0 Å². The molecule has 10 nitrogen and oxygen atoms in total. The summed E-state index contributed by atoms with van der Waals surface area (Å²) in [5.41, 5.74) is 1.17. The first kappa shape index (κ1) is 30.2. The van der Waals surface area contributed by atoms with Gasteiger partial charge >= 0.3 is 5.97 Å². The number of alkyl halides is 1. The average Bonchev–Trinajstić information content (AvgIpc) is 3.24. The smallest absolute Gasteiger partial charge is 0.305 e. The maximum atomic E-state index is 14.3. The Balaban J connectivity index is 1.17. The Kier molecular flexibility index (Phi) is 8.60. The van der Waals surface area contributed by atoms with E-state index in [-0.39, 0.29) is 39.5 Å². The van der Waals surface area contributed by atoms with Gasteiger partial charge in [0, 0.05) is 67.2 Å². The molecule has 2 aliphatic carbocycles. The SMILES string of the molecule is CC1(I)C[C@@H]1C(=O)N1CC2(CN(C(=O)c3cncs3)C[C@H]2C(=O)N2CCN(CC3CCCCCC3)C(CC(=O)O)C2)C1. The van der Waals surface area contributed by atoms with Gasteiger partial charge in [-0.15, -0.1) is 11.3 Å². The molecule has 230 valence electrons. The molecule has 4 atom stereocenters. The summed E-state index contributed by atoms with van der Waals surface area (Å²) < 4.78 is 0.00620. The lowest BCUT2D eigenvalue weighted by atomic mass is 9.70. The van der Waals surface area contributed by atoms with E-state index < -0.39 is 17.3 Å². The van der Waals surface area contributed by atoms with Gasteiger partial charge in [-0.1, -0.05) is 48.3 Å². The summed E-state index contributed by atoms with van der Waals surface area (Å²) >= 11 is 3.66. The number of carbonyl (C=O) groups excluding carboxylic acids is 3. The molecule has 42 heavy (non-hydrogen) atoms. The van der Waals surface area contributed by atoms with Crippen molar-refractivity contribution < 1.29 is 24.3 Å². The minimum Gasteiger partial charge on any atom is -0.481 e. The van der Waals surface area contributed by atoms with Crippen LogP contribution < -0.4 is 0 Å². The van der Waals surface area contributed by atoms with Crippen molar-refractivity contribution in [3.8, 4) is 0 Å². The van der Waals surface area contributed by atoms with Gasteiger partial charge in [0.2, 0.25) is 11.8 Å². The average molecular weight is 712 g/mol. The molecule has 2 unspecified atom stereocenters. The number of aromatic nitrogens is 1. The number of carbonyl (C=O) groups is 4. The van der Waals surface area contributed by atoms with Crippen LogP contribution in [-0.2, 0) is 14.4 Å². The Hall–Kier alpha value is -1.80. The number of halogens is 1. The highest BCUT2D eigenvalue weighted by atomic mass is 127. The molecule has 0 aromatic carbocycles. The zero-order chi connectivity index (χ0) is 29.6. The molecule has 2 saturated carbocycles. The van der Waals surface area contributed by atoms with Crippen molar-refractivity contribution in [3.05, 3.63) is 16.6 Å². The van der Waals surface area contributed by atoms with Gasteiger partial charge in [0.05, 0.1) is 30.0 Å². The van der Waals surface area contributed by atoms with Crippen LogP contribution in [0.25, 0.3) is 0 Å². The molecular weight excluding hydrogens is 669 g/mol. The van der Waals surface area contributed by atoms with E-state index >= 15 is 0 Å². The standard InChI is InChI=1S/C30H42IN5O5S/c1-29(31)11-22(29)26(39)36-17-30(18-36)16-35(28(41)24-12-32-19-42-24)15-23(30)27(40)34-9-8-33(21(14-34)10-25(37)38)13-20-6-4-2-3-5-7-20/h12,19-23H,2-11,13-18H2,1H3,(H,37,38)/t21?,22-,23+,29?/m1/s1. The predicted molar refractivity (Wildman–Crippen MR) is 166 cm³/mol. The molecule has 3 aliphatic heterocycles. The molecule has 4 heterocycles. The third-order valence-corrected chi connectivity index (χ3v) is 12.4. The summed E-state index contributed by atoms with van der Waals surface area (Å²) in [6, 6.07) is -0.216. The van der Waals surface area contributed by atoms with E-state index in [2.05, 4.69) is 39.4 Å². The quantitative estimate of drug-likeness (QED) is 0.263. The Morgan fingerprint density at radius 1 is 0.976 bits per heavy atom. The van der Waals surface area contributed by atoms with Gasteiger partial charge < -0.3 is 19.8 Å². The number of amides is 3. The van der Waals surface area contributed by atoms with E-state index in [9.17, 15) is 24.3 Å². The highest BCUT2D eigenvalue weighted by molar-refractivity contribution is 14.1. The van der Waals surface area contributed by atoms with Gasteiger partial charge in [-0.2, -0.15) is 0 Å². The first-order valence-corrected chi connectivity index (χ1v) is 17.4. The maximum absolute atomic E-state index is 14.3. The van der Waals surface area contributed by atoms with Crippen molar-refractivity contribution >= 4 is 57.6 Å². The van der Waals surface area contributed by atoms with Crippen molar-refractivity contribution in [2.45, 2.75) is 67.8 Å². The van der Waals surface area contributed by atoms with Crippen molar-refractivity contribution in [3.63, 3.8) is 0 Å². The number of hydrogen-bond acceptors (Lipinski definition) is 7. The van der Waals surface area contributed by atoms with Gasteiger partial charge in [0.1, 0.15) is 4.88 Å². The van der Waals surface area contributed by atoms with Crippen LogP contribution in [0.3, 0.4) is 0 Å². The molecule has 5 aliphatic rings. The fourth-order valence-corrected chi connectivity index (χ4v) is 9.16. The van der Waals surface area contributed by atoms with Crippen molar-refractivity contribution in [1.82, 2.24) is 24.6 Å².